The van der Waals surface area contributed by atoms with Gasteiger partial charge in [0.15, 0.2) is 0 Å². The zero-order chi connectivity index (χ0) is 14.8. The maximum absolute atomic E-state index is 12.3. The standard InChI is InChI=1S/C15H14N2O2S2/c1-19-9-4-5-11-12(7-9)21-14(13(11)16)15(18)17-8-10-3-2-6-20-10/h2-7H,8,16H2,1H3,(H,17,18). The molecule has 108 valence electrons. The fraction of sp³-hybridized carbons (Fsp3) is 0.133. The molecule has 4 nitrogen and oxygen atoms in total. The first-order valence-electron chi connectivity index (χ1n) is 6.35. The molecule has 3 aromatic rings. The molecule has 0 aliphatic rings. The molecule has 0 bridgehead atoms. The Hall–Kier alpha value is -2.05. The summed E-state index contributed by atoms with van der Waals surface area (Å²) in [6.45, 7) is 0.521. The molecule has 3 rings (SSSR count). The van der Waals surface area contributed by atoms with Gasteiger partial charge in [-0.25, -0.2) is 0 Å². The lowest BCUT2D eigenvalue weighted by molar-refractivity contribution is 0.0956. The predicted octanol–water partition coefficient (Wildman–Crippen LogP) is 3.48. The Morgan fingerprint density at radius 3 is 2.95 bits per heavy atom. The summed E-state index contributed by atoms with van der Waals surface area (Å²) in [6, 6.07) is 9.58. The van der Waals surface area contributed by atoms with Gasteiger partial charge in [-0.05, 0) is 29.6 Å². The fourth-order valence-electron chi connectivity index (χ4n) is 2.05. The molecule has 1 amide bonds. The highest BCUT2D eigenvalue weighted by atomic mass is 32.1. The summed E-state index contributed by atoms with van der Waals surface area (Å²) in [5, 5.41) is 5.78. The van der Waals surface area contributed by atoms with Crippen molar-refractivity contribution in [1.29, 1.82) is 0 Å². The van der Waals surface area contributed by atoms with Gasteiger partial charge in [-0.3, -0.25) is 4.79 Å². The third-order valence-electron chi connectivity index (χ3n) is 3.15. The first kappa shape index (κ1) is 13.9. The van der Waals surface area contributed by atoms with Crippen LogP contribution in [0.15, 0.2) is 35.7 Å². The minimum atomic E-state index is -0.138. The molecule has 0 atom stereocenters. The molecular weight excluding hydrogens is 304 g/mol. The van der Waals surface area contributed by atoms with Crippen molar-refractivity contribution in [3.63, 3.8) is 0 Å². The highest BCUT2D eigenvalue weighted by molar-refractivity contribution is 7.21. The Morgan fingerprint density at radius 2 is 2.24 bits per heavy atom. The van der Waals surface area contributed by atoms with Crippen molar-refractivity contribution in [2.75, 3.05) is 12.8 Å². The van der Waals surface area contributed by atoms with E-state index in [0.717, 1.165) is 20.7 Å². The second-order valence-electron chi connectivity index (χ2n) is 4.47. The molecule has 0 spiro atoms. The van der Waals surface area contributed by atoms with E-state index in [9.17, 15) is 4.79 Å². The van der Waals surface area contributed by atoms with Crippen LogP contribution in [0.3, 0.4) is 0 Å². The van der Waals surface area contributed by atoms with Crippen LogP contribution in [0.25, 0.3) is 10.1 Å². The number of hydrogen-bond acceptors (Lipinski definition) is 5. The van der Waals surface area contributed by atoms with E-state index in [1.165, 1.54) is 11.3 Å². The Labute approximate surface area is 130 Å². The van der Waals surface area contributed by atoms with E-state index in [4.69, 9.17) is 10.5 Å². The number of methoxy groups -OCH3 is 1. The van der Waals surface area contributed by atoms with Gasteiger partial charge >= 0.3 is 0 Å². The lowest BCUT2D eigenvalue weighted by Gasteiger charge is -2.02. The van der Waals surface area contributed by atoms with Gasteiger partial charge in [0.1, 0.15) is 10.6 Å². The van der Waals surface area contributed by atoms with Crippen molar-refractivity contribution < 1.29 is 9.53 Å². The van der Waals surface area contributed by atoms with E-state index < -0.39 is 0 Å². The SMILES string of the molecule is COc1ccc2c(N)c(C(=O)NCc3cccs3)sc2c1. The van der Waals surface area contributed by atoms with Crippen LogP contribution in [0, 0.1) is 0 Å². The lowest BCUT2D eigenvalue weighted by atomic mass is 10.2. The number of nitrogens with two attached hydrogens (primary N) is 1. The predicted molar refractivity (Wildman–Crippen MR) is 88.3 cm³/mol. The summed E-state index contributed by atoms with van der Waals surface area (Å²) in [5.41, 5.74) is 6.62. The van der Waals surface area contributed by atoms with E-state index in [0.29, 0.717) is 17.1 Å². The van der Waals surface area contributed by atoms with E-state index in [-0.39, 0.29) is 5.91 Å². The van der Waals surface area contributed by atoms with Crippen LogP contribution in [0.2, 0.25) is 0 Å². The average molecular weight is 318 g/mol. The van der Waals surface area contributed by atoms with Crippen molar-refractivity contribution in [2.45, 2.75) is 6.54 Å². The van der Waals surface area contributed by atoms with Gasteiger partial charge in [0.05, 0.1) is 19.3 Å². The maximum atomic E-state index is 12.3. The molecule has 2 heterocycles. The first-order chi connectivity index (χ1) is 10.2. The topological polar surface area (TPSA) is 64.3 Å². The van der Waals surface area contributed by atoms with Gasteiger partial charge < -0.3 is 15.8 Å². The Morgan fingerprint density at radius 1 is 1.38 bits per heavy atom. The van der Waals surface area contributed by atoms with Crippen molar-refractivity contribution in [3.8, 4) is 5.75 Å². The molecule has 1 aromatic carbocycles. The highest BCUT2D eigenvalue weighted by Gasteiger charge is 2.16. The molecule has 21 heavy (non-hydrogen) atoms. The Balaban J connectivity index is 1.85. The van der Waals surface area contributed by atoms with E-state index in [1.807, 2.05) is 35.7 Å². The highest BCUT2D eigenvalue weighted by Crippen LogP contribution is 2.35. The molecule has 3 N–H and O–H groups in total. The van der Waals surface area contributed by atoms with E-state index >= 15 is 0 Å². The van der Waals surface area contributed by atoms with Crippen LogP contribution in [0.5, 0.6) is 5.75 Å². The smallest absolute Gasteiger partial charge is 0.263 e. The summed E-state index contributed by atoms with van der Waals surface area (Å²) in [4.78, 5) is 13.9. The van der Waals surface area contributed by atoms with Crippen molar-refractivity contribution in [1.82, 2.24) is 5.32 Å². The van der Waals surface area contributed by atoms with Gasteiger partial charge in [0.2, 0.25) is 0 Å². The summed E-state index contributed by atoms with van der Waals surface area (Å²) in [7, 11) is 1.62. The van der Waals surface area contributed by atoms with Gasteiger partial charge in [-0.2, -0.15) is 0 Å². The minimum absolute atomic E-state index is 0.138. The zero-order valence-electron chi connectivity index (χ0n) is 11.4. The monoisotopic (exact) mass is 318 g/mol. The minimum Gasteiger partial charge on any atom is -0.497 e. The second kappa shape index (κ2) is 5.75. The lowest BCUT2D eigenvalue weighted by Crippen LogP contribution is -2.22. The first-order valence-corrected chi connectivity index (χ1v) is 8.05. The number of fused-ring (bicyclic) bond motifs is 1. The molecule has 0 fully saturated rings. The number of thiophene rings is 2. The number of nitrogens with one attached hydrogen (secondary N) is 1. The molecular formula is C15H14N2O2S2. The number of hydrogen-bond donors (Lipinski definition) is 2. The van der Waals surface area contributed by atoms with Crippen LogP contribution in [0.4, 0.5) is 5.69 Å². The molecule has 0 saturated carbocycles. The van der Waals surface area contributed by atoms with Crippen molar-refractivity contribution in [3.05, 3.63) is 45.5 Å². The average Bonchev–Trinajstić information content (AvgIpc) is 3.12. The number of nitrogen functional groups attached to an aromatic ring is 1. The maximum Gasteiger partial charge on any atom is 0.263 e. The molecule has 0 aliphatic carbocycles. The van der Waals surface area contributed by atoms with Crippen molar-refractivity contribution in [2.24, 2.45) is 0 Å². The van der Waals surface area contributed by atoms with Crippen LogP contribution in [0.1, 0.15) is 14.5 Å². The van der Waals surface area contributed by atoms with Gasteiger partial charge in [-0.15, -0.1) is 22.7 Å². The quantitative estimate of drug-likeness (QED) is 0.774. The van der Waals surface area contributed by atoms with Crippen LogP contribution in [-0.4, -0.2) is 13.0 Å². The van der Waals surface area contributed by atoms with Crippen LogP contribution in [-0.2, 0) is 6.54 Å². The molecule has 0 saturated heterocycles. The molecule has 0 aliphatic heterocycles. The van der Waals surface area contributed by atoms with E-state index in [1.54, 1.807) is 18.4 Å². The molecule has 0 radical (unpaired) electrons. The second-order valence-corrected chi connectivity index (χ2v) is 6.55. The molecule has 0 unspecified atom stereocenters. The number of anilines is 1. The van der Waals surface area contributed by atoms with E-state index in [2.05, 4.69) is 5.32 Å². The third-order valence-corrected chi connectivity index (χ3v) is 5.19. The van der Waals surface area contributed by atoms with Gasteiger partial charge in [0.25, 0.3) is 5.91 Å². The van der Waals surface area contributed by atoms with Crippen LogP contribution >= 0.6 is 22.7 Å². The normalized spacial score (nSPS) is 10.7. The largest absolute Gasteiger partial charge is 0.497 e. The summed E-state index contributed by atoms with van der Waals surface area (Å²) in [5.74, 6) is 0.621. The number of carbonyl (C=O) groups is 1. The number of benzene rings is 1. The summed E-state index contributed by atoms with van der Waals surface area (Å²) >= 11 is 3.00. The van der Waals surface area contributed by atoms with Gasteiger partial charge in [0, 0.05) is 15.0 Å². The fourth-order valence-corrected chi connectivity index (χ4v) is 3.77. The number of amides is 1. The number of carbonyl (C=O) groups excluding carboxylic acids is 1. The molecule has 6 heteroatoms. The number of rotatable bonds is 4. The summed E-state index contributed by atoms with van der Waals surface area (Å²) < 4.78 is 6.15. The van der Waals surface area contributed by atoms with Gasteiger partial charge in [-0.1, -0.05) is 6.07 Å². The Kier molecular flexibility index (Phi) is 3.81. The van der Waals surface area contributed by atoms with Crippen molar-refractivity contribution >= 4 is 44.4 Å². The Bertz CT molecular complexity index is 778. The third kappa shape index (κ3) is 2.72. The molecule has 2 aromatic heterocycles. The zero-order valence-corrected chi connectivity index (χ0v) is 13.0. The van der Waals surface area contributed by atoms with Crippen LogP contribution < -0.4 is 15.8 Å². The summed E-state index contributed by atoms with van der Waals surface area (Å²) in [6.07, 6.45) is 0. The number of ether oxygens (including phenoxy) is 1.